The number of carbonyl (C=O) groups is 1. The van der Waals surface area contributed by atoms with Crippen molar-refractivity contribution in [2.24, 2.45) is 11.3 Å². The Morgan fingerprint density at radius 2 is 1.88 bits per heavy atom. The van der Waals surface area contributed by atoms with Gasteiger partial charge in [-0.3, -0.25) is 4.79 Å². The third-order valence-electron chi connectivity index (χ3n) is 6.58. The van der Waals surface area contributed by atoms with Crippen molar-refractivity contribution in [3.63, 3.8) is 0 Å². The van der Waals surface area contributed by atoms with Crippen LogP contribution in [0.15, 0.2) is 42.5 Å². The topological polar surface area (TPSA) is 67.2 Å². The first-order valence-electron chi connectivity index (χ1n) is 11.6. The van der Waals surface area contributed by atoms with Crippen molar-refractivity contribution in [3.05, 3.63) is 53.6 Å². The normalized spacial score (nSPS) is 20.4. The molecule has 182 valence electrons. The highest BCUT2D eigenvalue weighted by Gasteiger charge is 2.35. The third-order valence-corrected chi connectivity index (χ3v) is 6.58. The monoisotopic (exact) mass is 473 g/mol. The average molecular weight is 474 g/mol. The SMILES string of the molecule is C[C@@H]1C[C@H](n2c(Nc3ccc(C(F)(F)F)cc3)nc3cc(CCC(=O)O)ccc32)CC(C)(C)C1. The van der Waals surface area contributed by atoms with Gasteiger partial charge in [0.05, 0.1) is 16.6 Å². The molecular weight excluding hydrogens is 443 g/mol. The molecule has 1 aliphatic rings. The van der Waals surface area contributed by atoms with Crippen molar-refractivity contribution >= 4 is 28.6 Å². The van der Waals surface area contributed by atoms with Crippen LogP contribution in [0.5, 0.6) is 0 Å². The van der Waals surface area contributed by atoms with Crippen molar-refractivity contribution in [2.45, 2.75) is 65.1 Å². The standard InChI is InChI=1S/C26H30F3N3O2/c1-16-12-20(15-25(2,3)14-16)32-22-10-4-17(5-11-23(33)34)13-21(22)31-24(32)30-19-8-6-18(7-9-19)26(27,28)29/h4,6-10,13,16,20H,5,11-12,14-15H2,1-3H3,(H,30,31)(H,33,34)/t16-,20+/m1/s1. The van der Waals surface area contributed by atoms with E-state index >= 15 is 0 Å². The minimum Gasteiger partial charge on any atom is -0.481 e. The second-order valence-electron chi connectivity index (χ2n) is 10.3. The lowest BCUT2D eigenvalue weighted by Gasteiger charge is -2.40. The number of aliphatic carboxylic acids is 1. The first kappa shape index (κ1) is 24.1. The Kier molecular flexibility index (Phi) is 6.36. The van der Waals surface area contributed by atoms with Gasteiger partial charge in [-0.05, 0) is 79.0 Å². The van der Waals surface area contributed by atoms with Gasteiger partial charge in [-0.2, -0.15) is 13.2 Å². The molecule has 1 saturated carbocycles. The summed E-state index contributed by atoms with van der Waals surface area (Å²) in [7, 11) is 0. The zero-order valence-corrected chi connectivity index (χ0v) is 19.6. The van der Waals surface area contributed by atoms with E-state index in [1.54, 1.807) is 0 Å². The van der Waals surface area contributed by atoms with Gasteiger partial charge in [0.15, 0.2) is 0 Å². The van der Waals surface area contributed by atoms with Gasteiger partial charge in [0.1, 0.15) is 0 Å². The molecule has 2 atom stereocenters. The van der Waals surface area contributed by atoms with Crippen molar-refractivity contribution in [1.29, 1.82) is 0 Å². The summed E-state index contributed by atoms with van der Waals surface area (Å²) in [4.78, 5) is 15.8. The number of halogens is 3. The maximum absolute atomic E-state index is 13.0. The molecule has 0 saturated heterocycles. The third kappa shape index (κ3) is 5.37. The first-order chi connectivity index (χ1) is 15.9. The summed E-state index contributed by atoms with van der Waals surface area (Å²) in [5, 5.41) is 12.3. The van der Waals surface area contributed by atoms with Crippen molar-refractivity contribution < 1.29 is 23.1 Å². The lowest BCUT2D eigenvalue weighted by Crippen LogP contribution is -2.29. The van der Waals surface area contributed by atoms with Crippen LogP contribution in [0, 0.1) is 11.3 Å². The van der Waals surface area contributed by atoms with Gasteiger partial charge >= 0.3 is 12.1 Å². The van der Waals surface area contributed by atoms with Crippen LogP contribution < -0.4 is 5.32 Å². The van der Waals surface area contributed by atoms with Crippen molar-refractivity contribution in [3.8, 4) is 0 Å². The predicted octanol–water partition coefficient (Wildman–Crippen LogP) is 7.20. The van der Waals surface area contributed by atoms with Gasteiger partial charge in [0, 0.05) is 18.2 Å². The van der Waals surface area contributed by atoms with Crippen LogP contribution in [0.25, 0.3) is 11.0 Å². The number of rotatable bonds is 6. The molecule has 0 aliphatic heterocycles. The summed E-state index contributed by atoms with van der Waals surface area (Å²) in [6.07, 6.45) is -0.855. The number of nitrogens with zero attached hydrogens (tertiary/aromatic N) is 2. The van der Waals surface area contributed by atoms with E-state index in [-0.39, 0.29) is 17.9 Å². The van der Waals surface area contributed by atoms with Crippen LogP contribution in [0.3, 0.4) is 0 Å². The fourth-order valence-corrected chi connectivity index (χ4v) is 5.37. The molecule has 1 heterocycles. The van der Waals surface area contributed by atoms with Gasteiger partial charge in [-0.25, -0.2) is 4.98 Å². The Hall–Kier alpha value is -3.03. The average Bonchev–Trinajstić information content (AvgIpc) is 3.07. The van der Waals surface area contributed by atoms with E-state index in [2.05, 4.69) is 30.7 Å². The van der Waals surface area contributed by atoms with Crippen LogP contribution in [0.1, 0.15) is 63.6 Å². The maximum atomic E-state index is 13.0. The molecule has 5 nitrogen and oxygen atoms in total. The molecule has 0 unspecified atom stereocenters. The molecule has 8 heteroatoms. The van der Waals surface area contributed by atoms with Crippen LogP contribution in [-0.4, -0.2) is 20.6 Å². The molecule has 3 aromatic rings. The van der Waals surface area contributed by atoms with E-state index < -0.39 is 17.7 Å². The van der Waals surface area contributed by atoms with E-state index in [9.17, 15) is 18.0 Å². The molecule has 2 N–H and O–H groups in total. The molecule has 1 aromatic heterocycles. The van der Waals surface area contributed by atoms with E-state index in [1.165, 1.54) is 12.1 Å². The number of carboxylic acid groups (broad SMARTS) is 1. The Morgan fingerprint density at radius 1 is 1.18 bits per heavy atom. The van der Waals surface area contributed by atoms with E-state index in [0.29, 0.717) is 24.0 Å². The van der Waals surface area contributed by atoms with Gasteiger partial charge in [-0.15, -0.1) is 0 Å². The van der Waals surface area contributed by atoms with E-state index in [1.807, 2.05) is 18.2 Å². The molecule has 34 heavy (non-hydrogen) atoms. The fourth-order valence-electron chi connectivity index (χ4n) is 5.37. The van der Waals surface area contributed by atoms with Crippen molar-refractivity contribution in [2.75, 3.05) is 5.32 Å². The van der Waals surface area contributed by atoms with E-state index in [0.717, 1.165) is 48.0 Å². The van der Waals surface area contributed by atoms with Gasteiger partial charge < -0.3 is 15.0 Å². The number of benzene rings is 2. The Bertz CT molecular complexity index is 1180. The smallest absolute Gasteiger partial charge is 0.416 e. The Morgan fingerprint density at radius 3 is 2.50 bits per heavy atom. The van der Waals surface area contributed by atoms with Crippen molar-refractivity contribution in [1.82, 2.24) is 9.55 Å². The zero-order valence-electron chi connectivity index (χ0n) is 19.6. The number of alkyl halides is 3. The number of aromatic nitrogens is 2. The largest absolute Gasteiger partial charge is 0.481 e. The first-order valence-corrected chi connectivity index (χ1v) is 11.6. The van der Waals surface area contributed by atoms with E-state index in [4.69, 9.17) is 10.1 Å². The maximum Gasteiger partial charge on any atom is 0.416 e. The summed E-state index contributed by atoms with van der Waals surface area (Å²) < 4.78 is 41.1. The summed E-state index contributed by atoms with van der Waals surface area (Å²) in [6.45, 7) is 6.78. The molecule has 0 bridgehead atoms. The molecule has 0 radical (unpaired) electrons. The molecule has 1 fully saturated rings. The number of hydrogen-bond acceptors (Lipinski definition) is 3. The van der Waals surface area contributed by atoms with Crippen LogP contribution >= 0.6 is 0 Å². The summed E-state index contributed by atoms with van der Waals surface area (Å²) in [5.74, 6) is 0.258. The number of imidazole rings is 1. The van der Waals surface area contributed by atoms with Crippen LogP contribution in [0.4, 0.5) is 24.8 Å². The number of carboxylic acids is 1. The van der Waals surface area contributed by atoms with Gasteiger partial charge in [0.2, 0.25) is 5.95 Å². The summed E-state index contributed by atoms with van der Waals surface area (Å²) in [5.41, 5.74) is 2.55. The second kappa shape index (κ2) is 8.96. The van der Waals surface area contributed by atoms with Gasteiger partial charge in [-0.1, -0.05) is 26.8 Å². The molecule has 0 amide bonds. The molecule has 4 rings (SSSR count). The highest BCUT2D eigenvalue weighted by Crippen LogP contribution is 2.46. The number of fused-ring (bicyclic) bond motifs is 1. The summed E-state index contributed by atoms with van der Waals surface area (Å²) >= 11 is 0. The lowest BCUT2D eigenvalue weighted by atomic mass is 9.70. The molecule has 0 spiro atoms. The number of anilines is 2. The lowest BCUT2D eigenvalue weighted by molar-refractivity contribution is -0.138. The van der Waals surface area contributed by atoms with Gasteiger partial charge in [0.25, 0.3) is 0 Å². The highest BCUT2D eigenvalue weighted by molar-refractivity contribution is 5.81. The molecular formula is C26H30F3N3O2. The zero-order chi connectivity index (χ0) is 24.7. The minimum absolute atomic E-state index is 0.0389. The Balaban J connectivity index is 1.74. The molecule has 1 aliphatic carbocycles. The number of nitrogens with one attached hydrogen (secondary N) is 1. The van der Waals surface area contributed by atoms with Crippen LogP contribution in [-0.2, 0) is 17.4 Å². The summed E-state index contributed by atoms with van der Waals surface area (Å²) in [6, 6.07) is 11.0. The highest BCUT2D eigenvalue weighted by atomic mass is 19.4. The quantitative estimate of drug-likeness (QED) is 0.397. The Labute approximate surface area is 197 Å². The number of aryl methyl sites for hydroxylation is 1. The fraction of sp³-hybridized carbons (Fsp3) is 0.462. The second-order valence-corrected chi connectivity index (χ2v) is 10.3. The molecule has 2 aromatic carbocycles. The predicted molar refractivity (Wildman–Crippen MR) is 126 cm³/mol. The van der Waals surface area contributed by atoms with Crippen LogP contribution in [0.2, 0.25) is 0 Å². The minimum atomic E-state index is -4.39. The number of hydrogen-bond donors (Lipinski definition) is 2.